The van der Waals surface area contributed by atoms with Crippen molar-refractivity contribution >= 4 is 11.7 Å². The van der Waals surface area contributed by atoms with Crippen LogP contribution in [0.4, 0.5) is 0 Å². The second-order valence-electron chi connectivity index (χ2n) is 7.02. The van der Waals surface area contributed by atoms with Gasteiger partial charge in [0.15, 0.2) is 5.78 Å². The minimum absolute atomic E-state index is 0.0272. The lowest BCUT2D eigenvalue weighted by atomic mass is 10.0. The number of carbonyl (C=O) groups is 2. The van der Waals surface area contributed by atoms with E-state index in [0.717, 1.165) is 22.3 Å². The number of rotatable bonds is 8. The Bertz CT molecular complexity index is 952. The van der Waals surface area contributed by atoms with Gasteiger partial charge in [-0.25, -0.2) is 0 Å². The van der Waals surface area contributed by atoms with E-state index in [-0.39, 0.29) is 11.7 Å². The molecule has 3 aromatic rings. The van der Waals surface area contributed by atoms with Crippen molar-refractivity contribution in [3.05, 3.63) is 83.9 Å². The number of pyridine rings is 2. The fraction of sp³-hybridized carbons (Fsp3) is 0.250. The lowest BCUT2D eigenvalue weighted by Crippen LogP contribution is -2.25. The molecule has 1 aromatic carbocycles. The highest BCUT2D eigenvalue weighted by atomic mass is 16.2. The van der Waals surface area contributed by atoms with E-state index in [9.17, 15) is 9.59 Å². The third-order valence-electron chi connectivity index (χ3n) is 4.85. The summed E-state index contributed by atoms with van der Waals surface area (Å²) in [7, 11) is 1.81. The quantitative estimate of drug-likeness (QED) is 0.540. The van der Waals surface area contributed by atoms with E-state index in [0.29, 0.717) is 31.5 Å². The van der Waals surface area contributed by atoms with E-state index in [1.54, 1.807) is 29.6 Å². The van der Waals surface area contributed by atoms with E-state index in [1.165, 1.54) is 0 Å². The van der Waals surface area contributed by atoms with Crippen LogP contribution in [0.15, 0.2) is 67.1 Å². The first-order valence-corrected chi connectivity index (χ1v) is 9.78. The highest BCUT2D eigenvalue weighted by molar-refractivity contribution is 5.94. The van der Waals surface area contributed by atoms with Gasteiger partial charge in [0.25, 0.3) is 0 Å². The predicted molar refractivity (Wildman–Crippen MR) is 113 cm³/mol. The van der Waals surface area contributed by atoms with Crippen LogP contribution in [0.3, 0.4) is 0 Å². The van der Waals surface area contributed by atoms with Crippen molar-refractivity contribution in [1.82, 2.24) is 14.9 Å². The zero-order valence-electron chi connectivity index (χ0n) is 16.8. The molecular weight excluding hydrogens is 362 g/mol. The number of benzene rings is 1. The molecule has 0 saturated carbocycles. The SMILES string of the molecule is CCC(=O)N(C)Cc1ccc(-c2ccc(C(=O)CCc3cccnc3)nc2)cc1. The van der Waals surface area contributed by atoms with Crippen LogP contribution >= 0.6 is 0 Å². The van der Waals surface area contributed by atoms with Crippen LogP contribution in [0, 0.1) is 0 Å². The van der Waals surface area contributed by atoms with Gasteiger partial charge in [-0.15, -0.1) is 0 Å². The first-order valence-electron chi connectivity index (χ1n) is 9.78. The molecule has 2 heterocycles. The minimum Gasteiger partial charge on any atom is -0.341 e. The molecule has 29 heavy (non-hydrogen) atoms. The molecule has 5 heteroatoms. The highest BCUT2D eigenvalue weighted by Gasteiger charge is 2.09. The summed E-state index contributed by atoms with van der Waals surface area (Å²) in [6.07, 6.45) is 6.82. The van der Waals surface area contributed by atoms with Crippen LogP contribution < -0.4 is 0 Å². The van der Waals surface area contributed by atoms with Gasteiger partial charge in [0.1, 0.15) is 5.69 Å². The Labute approximate surface area is 171 Å². The van der Waals surface area contributed by atoms with Crippen molar-refractivity contribution < 1.29 is 9.59 Å². The zero-order chi connectivity index (χ0) is 20.6. The second kappa shape index (κ2) is 9.73. The van der Waals surface area contributed by atoms with E-state index in [4.69, 9.17) is 0 Å². The summed E-state index contributed by atoms with van der Waals surface area (Å²) in [6.45, 7) is 2.46. The summed E-state index contributed by atoms with van der Waals surface area (Å²) in [4.78, 5) is 34.2. The molecule has 0 atom stereocenters. The normalized spacial score (nSPS) is 10.6. The monoisotopic (exact) mass is 387 g/mol. The molecular formula is C24H25N3O2. The number of aromatic nitrogens is 2. The second-order valence-corrected chi connectivity index (χ2v) is 7.02. The Balaban J connectivity index is 1.60. The molecule has 0 N–H and O–H groups in total. The van der Waals surface area contributed by atoms with Crippen LogP contribution in [0.1, 0.15) is 41.4 Å². The van der Waals surface area contributed by atoms with Crippen molar-refractivity contribution in [2.75, 3.05) is 7.05 Å². The van der Waals surface area contributed by atoms with Gasteiger partial charge in [0, 0.05) is 50.6 Å². The summed E-state index contributed by atoms with van der Waals surface area (Å²) in [5, 5.41) is 0. The van der Waals surface area contributed by atoms with E-state index in [1.807, 2.05) is 56.4 Å². The van der Waals surface area contributed by atoms with Gasteiger partial charge >= 0.3 is 0 Å². The summed E-state index contributed by atoms with van der Waals surface area (Å²) >= 11 is 0. The third-order valence-corrected chi connectivity index (χ3v) is 4.85. The van der Waals surface area contributed by atoms with Gasteiger partial charge in [-0.05, 0) is 35.2 Å². The molecule has 0 aliphatic heterocycles. The van der Waals surface area contributed by atoms with Crippen molar-refractivity contribution in [3.8, 4) is 11.1 Å². The van der Waals surface area contributed by atoms with Crippen molar-refractivity contribution in [2.24, 2.45) is 0 Å². The number of hydrogen-bond donors (Lipinski definition) is 0. The van der Waals surface area contributed by atoms with Gasteiger partial charge < -0.3 is 4.90 Å². The average Bonchev–Trinajstić information content (AvgIpc) is 2.78. The predicted octanol–water partition coefficient (Wildman–Crippen LogP) is 4.33. The zero-order valence-corrected chi connectivity index (χ0v) is 16.8. The molecule has 0 unspecified atom stereocenters. The number of carbonyl (C=O) groups excluding carboxylic acids is 2. The van der Waals surface area contributed by atoms with Crippen LogP contribution in [-0.2, 0) is 17.8 Å². The minimum atomic E-state index is 0.0272. The summed E-state index contributed by atoms with van der Waals surface area (Å²) < 4.78 is 0. The molecule has 2 aromatic heterocycles. The molecule has 1 amide bonds. The van der Waals surface area contributed by atoms with Crippen LogP contribution in [0.5, 0.6) is 0 Å². The maximum Gasteiger partial charge on any atom is 0.222 e. The smallest absolute Gasteiger partial charge is 0.222 e. The lowest BCUT2D eigenvalue weighted by molar-refractivity contribution is -0.130. The standard InChI is InChI=1S/C24H25N3O2/c1-3-24(29)27(2)17-19-6-9-20(10-7-19)21-11-12-22(26-16-21)23(28)13-8-18-5-4-14-25-15-18/h4-7,9-12,14-16H,3,8,13,17H2,1-2H3. The maximum absolute atomic E-state index is 12.4. The van der Waals surface area contributed by atoms with Gasteiger partial charge in [-0.3, -0.25) is 19.6 Å². The van der Waals surface area contributed by atoms with Gasteiger partial charge in [-0.1, -0.05) is 43.3 Å². The molecule has 0 saturated heterocycles. The number of nitrogens with zero attached hydrogens (tertiary/aromatic N) is 3. The number of ketones is 1. The molecule has 0 aliphatic rings. The Morgan fingerprint density at radius 2 is 1.69 bits per heavy atom. The third kappa shape index (κ3) is 5.57. The Hall–Kier alpha value is -3.34. The number of amides is 1. The van der Waals surface area contributed by atoms with Gasteiger partial charge in [0.05, 0.1) is 0 Å². The largest absolute Gasteiger partial charge is 0.341 e. The van der Waals surface area contributed by atoms with Crippen LogP contribution in [-0.4, -0.2) is 33.6 Å². The molecule has 5 nitrogen and oxygen atoms in total. The fourth-order valence-corrected chi connectivity index (χ4v) is 3.10. The number of hydrogen-bond acceptors (Lipinski definition) is 4. The van der Waals surface area contributed by atoms with Crippen molar-refractivity contribution in [2.45, 2.75) is 32.7 Å². The molecule has 0 bridgehead atoms. The van der Waals surface area contributed by atoms with Gasteiger partial charge in [-0.2, -0.15) is 0 Å². The molecule has 0 fully saturated rings. The molecule has 0 aliphatic carbocycles. The Morgan fingerprint density at radius 3 is 2.31 bits per heavy atom. The summed E-state index contributed by atoms with van der Waals surface area (Å²) in [5.41, 5.74) is 4.59. The first kappa shape index (κ1) is 20.4. The number of Topliss-reactive ketones (excluding diaryl/α,β-unsaturated/α-hetero) is 1. The first-order chi connectivity index (χ1) is 14.1. The average molecular weight is 387 g/mol. The topological polar surface area (TPSA) is 63.2 Å². The Morgan fingerprint density at radius 1 is 0.931 bits per heavy atom. The van der Waals surface area contributed by atoms with E-state index >= 15 is 0 Å². The van der Waals surface area contributed by atoms with Crippen LogP contribution in [0.25, 0.3) is 11.1 Å². The maximum atomic E-state index is 12.4. The van der Waals surface area contributed by atoms with E-state index < -0.39 is 0 Å². The molecule has 0 spiro atoms. The fourth-order valence-electron chi connectivity index (χ4n) is 3.10. The van der Waals surface area contributed by atoms with E-state index in [2.05, 4.69) is 9.97 Å². The molecule has 0 radical (unpaired) electrons. The summed E-state index contributed by atoms with van der Waals surface area (Å²) in [6, 6.07) is 15.6. The summed E-state index contributed by atoms with van der Waals surface area (Å²) in [5.74, 6) is 0.154. The highest BCUT2D eigenvalue weighted by Crippen LogP contribution is 2.20. The van der Waals surface area contributed by atoms with Crippen molar-refractivity contribution in [3.63, 3.8) is 0 Å². The Kier molecular flexibility index (Phi) is 6.85. The molecule has 148 valence electrons. The lowest BCUT2D eigenvalue weighted by Gasteiger charge is -2.16. The van der Waals surface area contributed by atoms with Crippen LogP contribution in [0.2, 0.25) is 0 Å². The van der Waals surface area contributed by atoms with Gasteiger partial charge in [0.2, 0.25) is 5.91 Å². The number of aryl methyl sites for hydroxylation is 1. The van der Waals surface area contributed by atoms with Crippen molar-refractivity contribution in [1.29, 1.82) is 0 Å². The molecule has 3 rings (SSSR count).